The lowest BCUT2D eigenvalue weighted by atomic mass is 10.1. The monoisotopic (exact) mass is 279 g/mol. The molecule has 20 heavy (non-hydrogen) atoms. The molecule has 1 aromatic carbocycles. The van der Waals surface area contributed by atoms with Crippen molar-refractivity contribution in [2.24, 2.45) is 5.73 Å². The zero-order valence-electron chi connectivity index (χ0n) is 11.9. The summed E-state index contributed by atoms with van der Waals surface area (Å²) in [5, 5.41) is 0. The fraction of sp³-hybridized carbons (Fsp3) is 0.533. The molecule has 0 unspecified atom stereocenters. The van der Waals surface area contributed by atoms with Crippen LogP contribution in [-0.2, 0) is 0 Å². The number of amides is 1. The third-order valence-electron chi connectivity index (χ3n) is 3.69. The minimum atomic E-state index is -0.430. The number of aryl methyl sites for hydroxylation is 1. The number of hydrogen-bond acceptors (Lipinski definition) is 3. The quantitative estimate of drug-likeness (QED) is 0.902. The van der Waals surface area contributed by atoms with Crippen LogP contribution in [0, 0.1) is 12.7 Å². The van der Waals surface area contributed by atoms with Crippen molar-refractivity contribution in [2.45, 2.75) is 13.3 Å². The number of nitrogens with two attached hydrogens (primary N) is 1. The van der Waals surface area contributed by atoms with Crippen molar-refractivity contribution in [3.8, 4) is 0 Å². The Balaban J connectivity index is 1.94. The van der Waals surface area contributed by atoms with Crippen LogP contribution in [0.2, 0.25) is 0 Å². The van der Waals surface area contributed by atoms with Gasteiger partial charge in [0, 0.05) is 26.2 Å². The molecule has 2 N–H and O–H groups in total. The zero-order chi connectivity index (χ0) is 14.5. The van der Waals surface area contributed by atoms with Gasteiger partial charge in [0.25, 0.3) is 5.91 Å². The van der Waals surface area contributed by atoms with Crippen LogP contribution in [0.4, 0.5) is 4.39 Å². The first-order valence-electron chi connectivity index (χ1n) is 7.09. The lowest BCUT2D eigenvalue weighted by Crippen LogP contribution is -2.49. The fourth-order valence-corrected chi connectivity index (χ4v) is 2.45. The van der Waals surface area contributed by atoms with Crippen LogP contribution in [0.5, 0.6) is 0 Å². The van der Waals surface area contributed by atoms with Crippen LogP contribution in [0.3, 0.4) is 0 Å². The molecule has 0 saturated carbocycles. The van der Waals surface area contributed by atoms with E-state index in [2.05, 4.69) is 4.90 Å². The first-order valence-corrected chi connectivity index (χ1v) is 7.09. The van der Waals surface area contributed by atoms with Crippen LogP contribution in [-0.4, -0.2) is 55.0 Å². The molecule has 2 rings (SSSR count). The second kappa shape index (κ2) is 6.81. The average molecular weight is 279 g/mol. The summed E-state index contributed by atoms with van der Waals surface area (Å²) < 4.78 is 13.8. The van der Waals surface area contributed by atoms with E-state index in [1.165, 1.54) is 6.07 Å². The summed E-state index contributed by atoms with van der Waals surface area (Å²) in [4.78, 5) is 16.3. The zero-order valence-corrected chi connectivity index (χ0v) is 11.9. The Morgan fingerprint density at radius 3 is 2.60 bits per heavy atom. The average Bonchev–Trinajstić information content (AvgIpc) is 2.45. The molecule has 110 valence electrons. The number of nitrogens with zero attached hydrogens (tertiary/aromatic N) is 2. The molecule has 1 aromatic rings. The molecule has 0 atom stereocenters. The summed E-state index contributed by atoms with van der Waals surface area (Å²) in [6.07, 6.45) is 0.973. The van der Waals surface area contributed by atoms with Crippen LogP contribution < -0.4 is 5.73 Å². The van der Waals surface area contributed by atoms with Crippen molar-refractivity contribution in [3.63, 3.8) is 0 Å². The Morgan fingerprint density at radius 1 is 1.30 bits per heavy atom. The first-order chi connectivity index (χ1) is 9.61. The number of benzene rings is 1. The van der Waals surface area contributed by atoms with Crippen molar-refractivity contribution in [1.82, 2.24) is 9.80 Å². The second-order valence-electron chi connectivity index (χ2n) is 5.26. The Labute approximate surface area is 119 Å². The van der Waals surface area contributed by atoms with E-state index in [0.717, 1.165) is 31.6 Å². The van der Waals surface area contributed by atoms with Gasteiger partial charge in [0.1, 0.15) is 5.82 Å². The van der Waals surface area contributed by atoms with E-state index in [1.54, 1.807) is 17.0 Å². The van der Waals surface area contributed by atoms with E-state index in [4.69, 9.17) is 5.73 Å². The van der Waals surface area contributed by atoms with Gasteiger partial charge in [0.2, 0.25) is 0 Å². The molecular weight excluding hydrogens is 257 g/mol. The van der Waals surface area contributed by atoms with E-state index in [-0.39, 0.29) is 11.5 Å². The van der Waals surface area contributed by atoms with E-state index < -0.39 is 5.82 Å². The van der Waals surface area contributed by atoms with Crippen molar-refractivity contribution in [2.75, 3.05) is 39.3 Å². The molecule has 1 fully saturated rings. The molecule has 0 radical (unpaired) electrons. The van der Waals surface area contributed by atoms with Gasteiger partial charge in [-0.25, -0.2) is 4.39 Å². The number of carbonyl (C=O) groups excluding carboxylic acids is 1. The van der Waals surface area contributed by atoms with E-state index in [1.807, 2.05) is 6.92 Å². The molecule has 0 spiro atoms. The van der Waals surface area contributed by atoms with Gasteiger partial charge in [-0.3, -0.25) is 9.69 Å². The highest BCUT2D eigenvalue weighted by molar-refractivity contribution is 5.94. The van der Waals surface area contributed by atoms with Crippen molar-refractivity contribution in [3.05, 3.63) is 35.1 Å². The molecule has 1 amide bonds. The van der Waals surface area contributed by atoms with Gasteiger partial charge in [0.05, 0.1) is 5.56 Å². The van der Waals surface area contributed by atoms with Gasteiger partial charge in [0.15, 0.2) is 0 Å². The van der Waals surface area contributed by atoms with Gasteiger partial charge in [-0.1, -0.05) is 6.07 Å². The maximum atomic E-state index is 13.8. The van der Waals surface area contributed by atoms with Crippen molar-refractivity contribution < 1.29 is 9.18 Å². The van der Waals surface area contributed by atoms with Gasteiger partial charge >= 0.3 is 0 Å². The number of halogens is 1. The molecule has 1 aliphatic rings. The van der Waals surface area contributed by atoms with Gasteiger partial charge in [-0.2, -0.15) is 0 Å². The second-order valence-corrected chi connectivity index (χ2v) is 5.26. The standard InChI is InChI=1S/C15H22FN3O/c1-12-3-4-13(14(16)11-12)15(20)19-9-7-18(8-10-19)6-2-5-17/h3-4,11H,2,5-10,17H2,1H3. The third-order valence-corrected chi connectivity index (χ3v) is 3.69. The minimum absolute atomic E-state index is 0.172. The maximum absolute atomic E-state index is 13.8. The lowest BCUT2D eigenvalue weighted by molar-refractivity contribution is 0.0632. The molecule has 5 heteroatoms. The van der Waals surface area contributed by atoms with Gasteiger partial charge in [-0.05, 0) is 44.1 Å². The molecule has 0 aliphatic carbocycles. The molecular formula is C15H22FN3O. The summed E-state index contributed by atoms with van der Waals surface area (Å²) in [6, 6.07) is 4.76. The maximum Gasteiger partial charge on any atom is 0.256 e. The predicted octanol–water partition coefficient (Wildman–Crippen LogP) is 1.24. The first kappa shape index (κ1) is 14.9. The van der Waals surface area contributed by atoms with Crippen LogP contribution >= 0.6 is 0 Å². The summed E-state index contributed by atoms with van der Waals surface area (Å²) >= 11 is 0. The molecule has 1 heterocycles. The van der Waals surface area contributed by atoms with Crippen molar-refractivity contribution >= 4 is 5.91 Å². The number of hydrogen-bond donors (Lipinski definition) is 1. The number of rotatable bonds is 4. The highest BCUT2D eigenvalue weighted by Crippen LogP contribution is 2.14. The minimum Gasteiger partial charge on any atom is -0.336 e. The fourth-order valence-electron chi connectivity index (χ4n) is 2.45. The number of carbonyl (C=O) groups is 1. The lowest BCUT2D eigenvalue weighted by Gasteiger charge is -2.34. The third kappa shape index (κ3) is 3.55. The highest BCUT2D eigenvalue weighted by Gasteiger charge is 2.23. The SMILES string of the molecule is Cc1ccc(C(=O)N2CCN(CCCN)CC2)c(F)c1. The van der Waals surface area contributed by atoms with Gasteiger partial charge < -0.3 is 10.6 Å². The Morgan fingerprint density at radius 2 is 2.00 bits per heavy atom. The Kier molecular flexibility index (Phi) is 5.09. The normalized spacial score (nSPS) is 16.4. The topological polar surface area (TPSA) is 49.6 Å². The molecule has 0 aromatic heterocycles. The molecule has 4 nitrogen and oxygen atoms in total. The smallest absolute Gasteiger partial charge is 0.256 e. The van der Waals surface area contributed by atoms with Crippen LogP contribution in [0.1, 0.15) is 22.3 Å². The Bertz CT molecular complexity index is 470. The van der Waals surface area contributed by atoms with E-state index >= 15 is 0 Å². The Hall–Kier alpha value is -1.46. The molecule has 0 bridgehead atoms. The van der Waals surface area contributed by atoms with Gasteiger partial charge in [-0.15, -0.1) is 0 Å². The van der Waals surface area contributed by atoms with Crippen LogP contribution in [0.25, 0.3) is 0 Å². The number of piperazine rings is 1. The van der Waals surface area contributed by atoms with E-state index in [9.17, 15) is 9.18 Å². The highest BCUT2D eigenvalue weighted by atomic mass is 19.1. The van der Waals surface area contributed by atoms with Crippen LogP contribution in [0.15, 0.2) is 18.2 Å². The molecule has 1 aliphatic heterocycles. The largest absolute Gasteiger partial charge is 0.336 e. The van der Waals surface area contributed by atoms with Crippen molar-refractivity contribution in [1.29, 1.82) is 0 Å². The summed E-state index contributed by atoms with van der Waals surface area (Å²) in [5.41, 5.74) is 6.49. The molecule has 1 saturated heterocycles. The summed E-state index contributed by atoms with van der Waals surface area (Å²) in [7, 11) is 0. The summed E-state index contributed by atoms with van der Waals surface area (Å²) in [6.45, 7) is 6.44. The summed E-state index contributed by atoms with van der Waals surface area (Å²) in [5.74, 6) is -0.637. The van der Waals surface area contributed by atoms with E-state index in [0.29, 0.717) is 19.6 Å². The predicted molar refractivity (Wildman–Crippen MR) is 77.2 cm³/mol.